The zero-order valence-corrected chi connectivity index (χ0v) is 11.4. The molecule has 0 aliphatic heterocycles. The summed E-state index contributed by atoms with van der Waals surface area (Å²) in [6, 6.07) is 2.80. The van der Waals surface area contributed by atoms with E-state index in [1.165, 1.54) is 0 Å². The summed E-state index contributed by atoms with van der Waals surface area (Å²) in [5.74, 6) is 0. The third kappa shape index (κ3) is 6.09. The Morgan fingerprint density at radius 2 is 2.06 bits per heavy atom. The third-order valence-electron chi connectivity index (χ3n) is 2.99. The van der Waals surface area contributed by atoms with Gasteiger partial charge >= 0.3 is 0 Å². The summed E-state index contributed by atoms with van der Waals surface area (Å²) in [6.07, 6.45) is 2.03. The van der Waals surface area contributed by atoms with Gasteiger partial charge in [0.05, 0.1) is 18.1 Å². The van der Waals surface area contributed by atoms with Crippen LogP contribution in [0.2, 0.25) is 0 Å². The van der Waals surface area contributed by atoms with Crippen molar-refractivity contribution < 1.29 is 4.74 Å². The van der Waals surface area contributed by atoms with Crippen molar-refractivity contribution in [3.8, 4) is 6.07 Å². The van der Waals surface area contributed by atoms with Gasteiger partial charge in [0.1, 0.15) is 0 Å². The van der Waals surface area contributed by atoms with E-state index in [0.717, 1.165) is 32.5 Å². The van der Waals surface area contributed by atoms with Crippen molar-refractivity contribution in [1.29, 1.82) is 5.26 Å². The number of hydrogen-bond acceptors (Lipinski definition) is 3. The summed E-state index contributed by atoms with van der Waals surface area (Å²) in [7, 11) is 1.74. The highest BCUT2D eigenvalue weighted by atomic mass is 16.5. The quantitative estimate of drug-likeness (QED) is 0.638. The molecule has 0 radical (unpaired) electrons. The number of likely N-dealkylation sites (N-methyl/N-ethyl adjacent to an activating group) is 1. The maximum atomic E-state index is 8.93. The normalized spacial score (nSPS) is 13.8. The molecule has 0 aromatic heterocycles. The number of ether oxygens (including phenoxy) is 1. The van der Waals surface area contributed by atoms with Crippen LogP contribution in [0.15, 0.2) is 0 Å². The second-order valence-corrected chi connectivity index (χ2v) is 5.03. The van der Waals surface area contributed by atoms with Crippen molar-refractivity contribution >= 4 is 0 Å². The van der Waals surface area contributed by atoms with Gasteiger partial charge in [-0.25, -0.2) is 0 Å². The van der Waals surface area contributed by atoms with Crippen molar-refractivity contribution in [2.24, 2.45) is 5.41 Å². The summed E-state index contributed by atoms with van der Waals surface area (Å²) in [5, 5.41) is 8.93. The van der Waals surface area contributed by atoms with Crippen LogP contribution in [0.5, 0.6) is 0 Å². The molecule has 16 heavy (non-hydrogen) atoms. The molecule has 0 aromatic carbocycles. The molecule has 0 aromatic rings. The molecule has 0 bridgehead atoms. The van der Waals surface area contributed by atoms with Crippen LogP contribution in [0, 0.1) is 16.7 Å². The SMILES string of the molecule is CCN(CCCC(C)(C)C#N)C(C)COC. The molecule has 0 saturated carbocycles. The van der Waals surface area contributed by atoms with E-state index in [4.69, 9.17) is 10.00 Å². The number of nitrogens with zero attached hydrogens (tertiary/aromatic N) is 2. The summed E-state index contributed by atoms with van der Waals surface area (Å²) in [6.45, 7) is 11.2. The van der Waals surface area contributed by atoms with Gasteiger partial charge in [-0.1, -0.05) is 6.92 Å². The monoisotopic (exact) mass is 226 g/mol. The van der Waals surface area contributed by atoms with Crippen LogP contribution < -0.4 is 0 Å². The van der Waals surface area contributed by atoms with Gasteiger partial charge in [-0.2, -0.15) is 5.26 Å². The average molecular weight is 226 g/mol. The van der Waals surface area contributed by atoms with Crippen LogP contribution in [0.4, 0.5) is 0 Å². The van der Waals surface area contributed by atoms with Gasteiger partial charge in [-0.3, -0.25) is 4.90 Å². The fourth-order valence-corrected chi connectivity index (χ4v) is 1.82. The second-order valence-electron chi connectivity index (χ2n) is 5.03. The maximum Gasteiger partial charge on any atom is 0.0683 e. The van der Waals surface area contributed by atoms with Crippen LogP contribution >= 0.6 is 0 Å². The Morgan fingerprint density at radius 1 is 1.44 bits per heavy atom. The molecule has 3 heteroatoms. The van der Waals surface area contributed by atoms with E-state index in [2.05, 4.69) is 24.8 Å². The fourth-order valence-electron chi connectivity index (χ4n) is 1.82. The third-order valence-corrected chi connectivity index (χ3v) is 2.99. The highest BCUT2D eigenvalue weighted by molar-refractivity contribution is 4.91. The first-order valence-corrected chi connectivity index (χ1v) is 6.11. The molecular weight excluding hydrogens is 200 g/mol. The van der Waals surface area contributed by atoms with Crippen LogP contribution in [0.3, 0.4) is 0 Å². The van der Waals surface area contributed by atoms with E-state index in [1.807, 2.05) is 13.8 Å². The van der Waals surface area contributed by atoms with Crippen LogP contribution in [-0.4, -0.2) is 37.7 Å². The van der Waals surface area contributed by atoms with Gasteiger partial charge in [0.25, 0.3) is 0 Å². The molecule has 1 atom stereocenters. The smallest absolute Gasteiger partial charge is 0.0683 e. The highest BCUT2D eigenvalue weighted by Crippen LogP contribution is 2.20. The van der Waals surface area contributed by atoms with Gasteiger partial charge in [0, 0.05) is 13.2 Å². The van der Waals surface area contributed by atoms with Gasteiger partial charge in [0.2, 0.25) is 0 Å². The molecule has 0 N–H and O–H groups in total. The molecule has 0 fully saturated rings. The Hall–Kier alpha value is -0.590. The van der Waals surface area contributed by atoms with Crippen molar-refractivity contribution in [3.63, 3.8) is 0 Å². The van der Waals surface area contributed by atoms with Crippen LogP contribution in [-0.2, 0) is 4.74 Å². The molecule has 0 rings (SSSR count). The van der Waals surface area contributed by atoms with Crippen LogP contribution in [0.25, 0.3) is 0 Å². The summed E-state index contributed by atoms with van der Waals surface area (Å²) in [4.78, 5) is 2.40. The highest BCUT2D eigenvalue weighted by Gasteiger charge is 2.17. The Kier molecular flexibility index (Phi) is 7.36. The predicted molar refractivity (Wildman–Crippen MR) is 67.2 cm³/mol. The van der Waals surface area contributed by atoms with Gasteiger partial charge < -0.3 is 4.74 Å². The average Bonchev–Trinajstić information content (AvgIpc) is 2.24. The van der Waals surface area contributed by atoms with Crippen molar-refractivity contribution in [2.45, 2.75) is 46.6 Å². The number of rotatable bonds is 8. The lowest BCUT2D eigenvalue weighted by Gasteiger charge is -2.28. The lowest BCUT2D eigenvalue weighted by atomic mass is 9.90. The minimum atomic E-state index is -0.191. The van der Waals surface area contributed by atoms with Crippen molar-refractivity contribution in [1.82, 2.24) is 4.90 Å². The van der Waals surface area contributed by atoms with Gasteiger partial charge in [-0.15, -0.1) is 0 Å². The summed E-state index contributed by atoms with van der Waals surface area (Å²) < 4.78 is 5.16. The molecule has 0 aliphatic carbocycles. The number of nitriles is 1. The lowest BCUT2D eigenvalue weighted by molar-refractivity contribution is 0.100. The molecule has 1 unspecified atom stereocenters. The lowest BCUT2D eigenvalue weighted by Crippen LogP contribution is -2.37. The molecule has 0 spiro atoms. The Morgan fingerprint density at radius 3 is 2.50 bits per heavy atom. The molecule has 0 saturated heterocycles. The van der Waals surface area contributed by atoms with E-state index >= 15 is 0 Å². The minimum absolute atomic E-state index is 0.191. The molecule has 94 valence electrons. The van der Waals surface area contributed by atoms with Gasteiger partial charge in [0.15, 0.2) is 0 Å². The Bertz CT molecular complexity index is 220. The molecule has 0 aliphatic rings. The van der Waals surface area contributed by atoms with Gasteiger partial charge in [-0.05, 0) is 46.7 Å². The van der Waals surface area contributed by atoms with Crippen LogP contribution in [0.1, 0.15) is 40.5 Å². The summed E-state index contributed by atoms with van der Waals surface area (Å²) in [5.41, 5.74) is -0.191. The number of methoxy groups -OCH3 is 1. The minimum Gasteiger partial charge on any atom is -0.383 e. The van der Waals surface area contributed by atoms with E-state index in [-0.39, 0.29) is 5.41 Å². The standard InChI is InChI=1S/C13H26N2O/c1-6-15(12(2)10-16-5)9-7-8-13(3,4)11-14/h12H,6-10H2,1-5H3. The van der Waals surface area contributed by atoms with E-state index in [1.54, 1.807) is 7.11 Å². The number of hydrogen-bond donors (Lipinski definition) is 0. The Balaban J connectivity index is 3.93. The predicted octanol–water partition coefficient (Wildman–Crippen LogP) is 2.67. The second kappa shape index (κ2) is 7.65. The Labute approximate surface area is 100 Å². The first kappa shape index (κ1) is 15.4. The largest absolute Gasteiger partial charge is 0.383 e. The fraction of sp³-hybridized carbons (Fsp3) is 0.923. The first-order valence-electron chi connectivity index (χ1n) is 6.11. The maximum absolute atomic E-state index is 8.93. The molecule has 3 nitrogen and oxygen atoms in total. The topological polar surface area (TPSA) is 36.3 Å². The van der Waals surface area contributed by atoms with E-state index in [9.17, 15) is 0 Å². The molecule has 0 amide bonds. The van der Waals surface area contributed by atoms with E-state index < -0.39 is 0 Å². The molecule has 0 heterocycles. The zero-order valence-electron chi connectivity index (χ0n) is 11.4. The zero-order chi connectivity index (χ0) is 12.6. The van der Waals surface area contributed by atoms with E-state index in [0.29, 0.717) is 6.04 Å². The van der Waals surface area contributed by atoms with Crippen molar-refractivity contribution in [3.05, 3.63) is 0 Å². The first-order chi connectivity index (χ1) is 7.46. The molecular formula is C13H26N2O. The van der Waals surface area contributed by atoms with Crippen molar-refractivity contribution in [2.75, 3.05) is 26.8 Å². The summed E-state index contributed by atoms with van der Waals surface area (Å²) >= 11 is 0.